The molecule has 4 rings (SSSR count). The number of halogens is 1. The van der Waals surface area contributed by atoms with Gasteiger partial charge < -0.3 is 9.84 Å². The first-order valence-corrected chi connectivity index (χ1v) is 15.6. The van der Waals surface area contributed by atoms with Crippen LogP contribution in [0.15, 0.2) is 82.9 Å². The fourth-order valence-electron chi connectivity index (χ4n) is 5.00. The molecule has 0 radical (unpaired) electrons. The van der Waals surface area contributed by atoms with Gasteiger partial charge in [0, 0.05) is 21.3 Å². The van der Waals surface area contributed by atoms with Crippen molar-refractivity contribution in [1.82, 2.24) is 4.98 Å². The first-order valence-electron chi connectivity index (χ1n) is 14.8. The molecule has 2 aromatic carbocycles. The van der Waals surface area contributed by atoms with Crippen molar-refractivity contribution in [2.75, 3.05) is 7.11 Å². The van der Waals surface area contributed by atoms with Crippen molar-refractivity contribution < 1.29 is 9.84 Å². The molecule has 1 aliphatic carbocycles. The van der Waals surface area contributed by atoms with E-state index in [9.17, 15) is 5.11 Å². The topological polar surface area (TPSA) is 42.4 Å². The van der Waals surface area contributed by atoms with Gasteiger partial charge in [0.25, 0.3) is 0 Å². The Bertz CT molecular complexity index is 1160. The standard InChI is InChI=1S/C29H32BrNO2.3C2H6/c1-3-17-29(32,18-16-21-10-6-4-7-11-21)27(22-12-8-5-9-13-22)25-20-23-19-24(30)14-15-26(23)31-28(25)33-2;3*1-2/h5-6,8-15,19-20,27,32H,3-4,7,16-18H2,1-2H3;3*1-2H3. The van der Waals surface area contributed by atoms with E-state index in [0.717, 1.165) is 52.2 Å². The van der Waals surface area contributed by atoms with E-state index < -0.39 is 5.60 Å². The molecule has 1 N–H and O–H groups in total. The molecular formula is C35H50BrNO2. The van der Waals surface area contributed by atoms with E-state index in [1.807, 2.05) is 71.9 Å². The maximum Gasteiger partial charge on any atom is 0.217 e. The van der Waals surface area contributed by atoms with Crippen molar-refractivity contribution in [2.45, 2.75) is 98.5 Å². The van der Waals surface area contributed by atoms with E-state index in [4.69, 9.17) is 9.72 Å². The van der Waals surface area contributed by atoms with Crippen LogP contribution in [-0.4, -0.2) is 22.8 Å². The van der Waals surface area contributed by atoms with Crippen LogP contribution in [0.5, 0.6) is 5.88 Å². The van der Waals surface area contributed by atoms with Crippen molar-refractivity contribution in [2.24, 2.45) is 0 Å². The lowest BCUT2D eigenvalue weighted by Gasteiger charge is -2.38. The summed E-state index contributed by atoms with van der Waals surface area (Å²) in [5, 5.41) is 13.3. The maximum atomic E-state index is 12.3. The number of pyridine rings is 1. The number of nitrogens with zero attached hydrogens (tertiary/aromatic N) is 1. The van der Waals surface area contributed by atoms with Crippen LogP contribution in [0.25, 0.3) is 10.9 Å². The summed E-state index contributed by atoms with van der Waals surface area (Å²) < 4.78 is 6.80. The van der Waals surface area contributed by atoms with E-state index >= 15 is 0 Å². The van der Waals surface area contributed by atoms with E-state index in [1.54, 1.807) is 7.11 Å². The van der Waals surface area contributed by atoms with E-state index in [0.29, 0.717) is 18.7 Å². The molecule has 4 heteroatoms. The quantitative estimate of drug-likeness (QED) is 0.267. The van der Waals surface area contributed by atoms with Crippen molar-refractivity contribution in [1.29, 1.82) is 0 Å². The number of ether oxygens (including phenoxy) is 1. The molecular weight excluding hydrogens is 546 g/mol. The highest BCUT2D eigenvalue weighted by Crippen LogP contribution is 2.45. The van der Waals surface area contributed by atoms with Crippen molar-refractivity contribution in [3.63, 3.8) is 0 Å². The fraction of sp³-hybridized carbons (Fsp3) is 0.457. The number of aromatic nitrogens is 1. The predicted molar refractivity (Wildman–Crippen MR) is 174 cm³/mol. The second kappa shape index (κ2) is 18.8. The van der Waals surface area contributed by atoms with Crippen LogP contribution in [0.3, 0.4) is 0 Å². The highest BCUT2D eigenvalue weighted by Gasteiger charge is 2.40. The second-order valence-electron chi connectivity index (χ2n) is 8.88. The molecule has 1 heterocycles. The van der Waals surface area contributed by atoms with Gasteiger partial charge in [-0.15, -0.1) is 0 Å². The number of methoxy groups -OCH3 is 1. The average molecular weight is 597 g/mol. The Morgan fingerprint density at radius 2 is 1.64 bits per heavy atom. The summed E-state index contributed by atoms with van der Waals surface area (Å²) in [6.07, 6.45) is 12.1. The Labute approximate surface area is 246 Å². The van der Waals surface area contributed by atoms with Crippen molar-refractivity contribution in [3.8, 4) is 5.88 Å². The van der Waals surface area contributed by atoms with Crippen LogP contribution in [0.1, 0.15) is 104 Å². The molecule has 0 saturated carbocycles. The van der Waals surface area contributed by atoms with Gasteiger partial charge >= 0.3 is 0 Å². The van der Waals surface area contributed by atoms with Gasteiger partial charge in [-0.05, 0) is 61.9 Å². The molecule has 0 spiro atoms. The minimum absolute atomic E-state index is 0.252. The summed E-state index contributed by atoms with van der Waals surface area (Å²) in [5.74, 6) is 0.322. The summed E-state index contributed by atoms with van der Waals surface area (Å²) in [6.45, 7) is 14.1. The molecule has 0 amide bonds. The van der Waals surface area contributed by atoms with Crippen LogP contribution < -0.4 is 4.74 Å². The zero-order valence-electron chi connectivity index (χ0n) is 25.4. The molecule has 0 saturated heterocycles. The number of benzene rings is 2. The average Bonchev–Trinajstić information content (AvgIpc) is 3.00. The van der Waals surface area contributed by atoms with Crippen LogP contribution in [0.2, 0.25) is 0 Å². The number of hydrogen-bond donors (Lipinski definition) is 1. The maximum absolute atomic E-state index is 12.3. The molecule has 1 aliphatic rings. The van der Waals surface area contributed by atoms with Crippen molar-refractivity contribution >= 4 is 26.8 Å². The first kappa shape index (κ1) is 34.6. The molecule has 3 nitrogen and oxygen atoms in total. The summed E-state index contributed by atoms with van der Waals surface area (Å²) in [5.41, 5.74) is 3.27. The lowest BCUT2D eigenvalue weighted by atomic mass is 9.72. The Balaban J connectivity index is 0.00000119. The van der Waals surface area contributed by atoms with Crippen LogP contribution in [0, 0.1) is 0 Å². The van der Waals surface area contributed by atoms with Gasteiger partial charge in [-0.3, -0.25) is 0 Å². The monoisotopic (exact) mass is 595 g/mol. The Kier molecular flexibility index (Phi) is 16.7. The third kappa shape index (κ3) is 9.61. The smallest absolute Gasteiger partial charge is 0.217 e. The molecule has 3 aromatic rings. The largest absolute Gasteiger partial charge is 0.481 e. The SMILES string of the molecule is CC.CC.CC.CCCC(O)(CCC1=CCCC=C1)C(c1ccccc1)c1cc2cc(Br)ccc2nc1OC. The number of rotatable bonds is 9. The van der Waals surface area contributed by atoms with E-state index in [2.05, 4.69) is 65.3 Å². The molecule has 2 atom stereocenters. The third-order valence-electron chi connectivity index (χ3n) is 6.55. The molecule has 1 aromatic heterocycles. The minimum atomic E-state index is -0.934. The lowest BCUT2D eigenvalue weighted by Crippen LogP contribution is -2.37. The molecule has 0 fully saturated rings. The van der Waals surface area contributed by atoms with Gasteiger partial charge in [-0.25, -0.2) is 4.98 Å². The van der Waals surface area contributed by atoms with Gasteiger partial charge in [-0.1, -0.05) is 125 Å². The van der Waals surface area contributed by atoms with Gasteiger partial charge in [-0.2, -0.15) is 0 Å². The molecule has 2 unspecified atom stereocenters. The summed E-state index contributed by atoms with van der Waals surface area (Å²) in [4.78, 5) is 4.83. The highest BCUT2D eigenvalue weighted by atomic mass is 79.9. The third-order valence-corrected chi connectivity index (χ3v) is 7.04. The minimum Gasteiger partial charge on any atom is -0.481 e. The van der Waals surface area contributed by atoms with Crippen LogP contribution in [0.4, 0.5) is 0 Å². The summed E-state index contributed by atoms with van der Waals surface area (Å²) in [7, 11) is 1.66. The summed E-state index contributed by atoms with van der Waals surface area (Å²) in [6, 6.07) is 18.5. The zero-order chi connectivity index (χ0) is 29.3. The summed E-state index contributed by atoms with van der Waals surface area (Å²) >= 11 is 3.59. The zero-order valence-corrected chi connectivity index (χ0v) is 27.0. The van der Waals surface area contributed by atoms with Crippen LogP contribution in [-0.2, 0) is 0 Å². The number of hydrogen-bond acceptors (Lipinski definition) is 3. The van der Waals surface area contributed by atoms with Crippen LogP contribution >= 0.6 is 15.9 Å². The predicted octanol–water partition coefficient (Wildman–Crippen LogP) is 10.8. The first-order chi connectivity index (χ1) is 19.0. The van der Waals surface area contributed by atoms with Crippen molar-refractivity contribution in [3.05, 3.63) is 94.0 Å². The molecule has 0 aliphatic heterocycles. The number of allylic oxidation sites excluding steroid dienone is 4. The Hall–Kier alpha value is -2.43. The molecule has 0 bridgehead atoms. The van der Waals surface area contributed by atoms with Gasteiger partial charge in [0.2, 0.25) is 5.88 Å². The van der Waals surface area contributed by atoms with E-state index in [1.165, 1.54) is 5.57 Å². The fourth-order valence-corrected chi connectivity index (χ4v) is 5.38. The molecule has 214 valence electrons. The van der Waals surface area contributed by atoms with Gasteiger partial charge in [0.05, 0.1) is 18.2 Å². The second-order valence-corrected chi connectivity index (χ2v) is 9.80. The normalized spacial score (nSPS) is 14.3. The van der Waals surface area contributed by atoms with E-state index in [-0.39, 0.29) is 5.92 Å². The molecule has 39 heavy (non-hydrogen) atoms. The Morgan fingerprint density at radius 1 is 0.949 bits per heavy atom. The van der Waals surface area contributed by atoms with Gasteiger partial charge in [0.1, 0.15) is 0 Å². The highest BCUT2D eigenvalue weighted by molar-refractivity contribution is 9.10. The number of fused-ring (bicyclic) bond motifs is 1. The Morgan fingerprint density at radius 3 is 2.23 bits per heavy atom. The number of aliphatic hydroxyl groups is 1. The lowest BCUT2D eigenvalue weighted by molar-refractivity contribution is 0.00563. The van der Waals surface area contributed by atoms with Gasteiger partial charge in [0.15, 0.2) is 0 Å².